The van der Waals surface area contributed by atoms with Crippen molar-refractivity contribution >= 4 is 18.0 Å². The van der Waals surface area contributed by atoms with Crippen molar-refractivity contribution in [3.05, 3.63) is 11.6 Å². The maximum atomic E-state index is 13.4. The molecule has 0 bridgehead atoms. The Morgan fingerprint density at radius 1 is 1.23 bits per heavy atom. The van der Waals surface area contributed by atoms with E-state index < -0.39 is 0 Å². The van der Waals surface area contributed by atoms with Crippen molar-refractivity contribution in [2.24, 2.45) is 51.5 Å². The largest absolute Gasteiger partial charge is 0.462 e. The number of hydrogen-bond acceptors (Lipinski definition) is 6. The minimum Gasteiger partial charge on any atom is -0.462 e. The van der Waals surface area contributed by atoms with Crippen LogP contribution in [0.15, 0.2) is 16.8 Å². The highest BCUT2D eigenvalue weighted by atomic mass is 16.5. The summed E-state index contributed by atoms with van der Waals surface area (Å²) >= 11 is 0. The van der Waals surface area contributed by atoms with E-state index in [2.05, 4.69) is 25.1 Å². The van der Waals surface area contributed by atoms with Gasteiger partial charge < -0.3 is 15.1 Å². The Balaban J connectivity index is 1.59. The fraction of sp³-hybridized carbons (Fsp3) is 0.828. The van der Waals surface area contributed by atoms with Crippen molar-refractivity contribution in [3.8, 4) is 0 Å². The van der Waals surface area contributed by atoms with Crippen LogP contribution in [0.4, 0.5) is 0 Å². The van der Waals surface area contributed by atoms with Crippen molar-refractivity contribution in [3.63, 3.8) is 0 Å². The SMILES string of the molecule is CC(=O)O[C@H]1C[C@H]2[C@@H]3CC=C4C[C@@H](O)CC[C@]4(C)[C@H]3CC[C@]2(C)[C@H]1[C@H](C)C(=O)CC[C@@H](C)/C=N/O. The summed E-state index contributed by atoms with van der Waals surface area (Å²) in [5, 5.41) is 22.2. The number of nitrogens with zero attached hydrogens (tertiary/aromatic N) is 1. The number of Topliss-reactive ketones (excluding diaryl/α,β-unsaturated/α-hetero) is 1. The van der Waals surface area contributed by atoms with Crippen LogP contribution in [-0.2, 0) is 14.3 Å². The van der Waals surface area contributed by atoms with Crippen LogP contribution in [0.1, 0.15) is 92.4 Å². The van der Waals surface area contributed by atoms with Gasteiger partial charge in [0, 0.05) is 31.4 Å². The van der Waals surface area contributed by atoms with E-state index in [0.717, 1.165) is 44.9 Å². The third-order valence-corrected chi connectivity index (χ3v) is 10.7. The molecule has 0 radical (unpaired) electrons. The fourth-order valence-corrected chi connectivity index (χ4v) is 8.88. The summed E-state index contributed by atoms with van der Waals surface area (Å²) in [4.78, 5) is 25.5. The molecule has 0 heterocycles. The number of fused-ring (bicyclic) bond motifs is 5. The topological polar surface area (TPSA) is 96.2 Å². The van der Waals surface area contributed by atoms with E-state index in [1.807, 2.05) is 13.8 Å². The van der Waals surface area contributed by atoms with Gasteiger partial charge in [-0.1, -0.05) is 39.3 Å². The van der Waals surface area contributed by atoms with Crippen LogP contribution < -0.4 is 0 Å². The van der Waals surface area contributed by atoms with E-state index >= 15 is 0 Å². The second-order valence-electron chi connectivity index (χ2n) is 12.6. The van der Waals surface area contributed by atoms with Gasteiger partial charge in [0.15, 0.2) is 0 Å². The van der Waals surface area contributed by atoms with Gasteiger partial charge in [0.05, 0.1) is 6.10 Å². The molecule has 4 rings (SSSR count). The van der Waals surface area contributed by atoms with Gasteiger partial charge in [-0.25, -0.2) is 0 Å². The van der Waals surface area contributed by atoms with Gasteiger partial charge in [0.1, 0.15) is 11.9 Å². The van der Waals surface area contributed by atoms with Crippen molar-refractivity contribution < 1.29 is 24.6 Å². The van der Waals surface area contributed by atoms with E-state index in [-0.39, 0.29) is 52.5 Å². The minimum atomic E-state index is -0.259. The molecule has 4 aliphatic carbocycles. The van der Waals surface area contributed by atoms with Crippen LogP contribution in [0.3, 0.4) is 0 Å². The van der Waals surface area contributed by atoms with Crippen LogP contribution in [-0.4, -0.2) is 40.5 Å². The monoisotopic (exact) mass is 487 g/mol. The molecule has 3 saturated carbocycles. The second-order valence-corrected chi connectivity index (χ2v) is 12.6. The lowest BCUT2D eigenvalue weighted by atomic mass is 9.47. The number of carbonyl (C=O) groups is 2. The third-order valence-electron chi connectivity index (χ3n) is 10.7. The van der Waals surface area contributed by atoms with E-state index in [1.54, 1.807) is 0 Å². The Hall–Kier alpha value is -1.69. The molecule has 196 valence electrons. The molecule has 10 atom stereocenters. The van der Waals surface area contributed by atoms with Crippen molar-refractivity contribution in [1.82, 2.24) is 0 Å². The van der Waals surface area contributed by atoms with Gasteiger partial charge in [-0.15, -0.1) is 5.16 Å². The average molecular weight is 488 g/mol. The molecule has 4 aliphatic rings. The zero-order chi connectivity index (χ0) is 25.5. The maximum Gasteiger partial charge on any atom is 0.302 e. The first-order valence-electron chi connectivity index (χ1n) is 13.8. The molecule has 6 nitrogen and oxygen atoms in total. The zero-order valence-corrected chi connectivity index (χ0v) is 22.2. The number of rotatable bonds is 7. The van der Waals surface area contributed by atoms with Crippen LogP contribution in [0.2, 0.25) is 0 Å². The van der Waals surface area contributed by atoms with E-state index in [9.17, 15) is 14.7 Å². The van der Waals surface area contributed by atoms with Crippen LogP contribution in [0, 0.1) is 46.3 Å². The summed E-state index contributed by atoms with van der Waals surface area (Å²) in [5.74, 6) is 1.39. The van der Waals surface area contributed by atoms with Crippen molar-refractivity contribution in [2.45, 2.75) is 105 Å². The van der Waals surface area contributed by atoms with E-state index in [0.29, 0.717) is 30.6 Å². The Bertz CT molecular complexity index is 882. The van der Waals surface area contributed by atoms with Gasteiger partial charge in [0.2, 0.25) is 0 Å². The number of allylic oxidation sites excluding steroid dienone is 1. The molecule has 0 aromatic heterocycles. The lowest BCUT2D eigenvalue weighted by Gasteiger charge is -2.58. The number of esters is 1. The highest BCUT2D eigenvalue weighted by molar-refractivity contribution is 5.81. The Kier molecular flexibility index (Phi) is 7.53. The maximum absolute atomic E-state index is 13.4. The van der Waals surface area contributed by atoms with Crippen molar-refractivity contribution in [1.29, 1.82) is 0 Å². The summed E-state index contributed by atoms with van der Waals surface area (Å²) in [5.41, 5.74) is 1.57. The van der Waals surface area contributed by atoms with Gasteiger partial charge in [-0.05, 0) is 85.9 Å². The highest BCUT2D eigenvalue weighted by Crippen LogP contribution is 2.67. The first-order valence-corrected chi connectivity index (χ1v) is 13.8. The third kappa shape index (κ3) is 4.72. The first-order chi connectivity index (χ1) is 16.5. The normalized spacial score (nSPS) is 42.4. The quantitative estimate of drug-likeness (QED) is 0.161. The number of hydrogen-bond donors (Lipinski definition) is 2. The van der Waals surface area contributed by atoms with E-state index in [4.69, 9.17) is 9.94 Å². The molecule has 0 aromatic rings. The molecule has 0 aliphatic heterocycles. The van der Waals surface area contributed by atoms with Crippen LogP contribution >= 0.6 is 0 Å². The summed E-state index contributed by atoms with van der Waals surface area (Å²) in [6.45, 7) is 10.2. The number of oxime groups is 1. The van der Waals surface area contributed by atoms with Gasteiger partial charge in [-0.3, -0.25) is 9.59 Å². The molecular formula is C29H45NO5. The van der Waals surface area contributed by atoms with Crippen LogP contribution in [0.25, 0.3) is 0 Å². The Labute approximate surface area is 210 Å². The molecule has 35 heavy (non-hydrogen) atoms. The lowest BCUT2D eigenvalue weighted by Crippen LogP contribution is -2.51. The molecule has 0 amide bonds. The molecular weight excluding hydrogens is 442 g/mol. The fourth-order valence-electron chi connectivity index (χ4n) is 8.88. The minimum absolute atomic E-state index is 0.0259. The van der Waals surface area contributed by atoms with Gasteiger partial charge in [-0.2, -0.15) is 0 Å². The number of carbonyl (C=O) groups excluding carboxylic acids is 2. The first kappa shape index (κ1) is 26.4. The molecule has 2 N–H and O–H groups in total. The smallest absolute Gasteiger partial charge is 0.302 e. The molecule has 3 fully saturated rings. The van der Waals surface area contributed by atoms with Crippen LogP contribution in [0.5, 0.6) is 0 Å². The molecule has 0 aromatic carbocycles. The Morgan fingerprint density at radius 3 is 2.66 bits per heavy atom. The molecule has 6 heteroatoms. The van der Waals surface area contributed by atoms with Gasteiger partial charge in [0.25, 0.3) is 0 Å². The zero-order valence-electron chi connectivity index (χ0n) is 22.2. The highest BCUT2D eigenvalue weighted by Gasteiger charge is 2.63. The second kappa shape index (κ2) is 9.99. The average Bonchev–Trinajstić information content (AvgIpc) is 3.08. The number of aliphatic hydroxyl groups is 1. The number of ketones is 1. The summed E-state index contributed by atoms with van der Waals surface area (Å²) in [6, 6.07) is 0. The number of aliphatic hydroxyl groups excluding tert-OH is 1. The van der Waals surface area contributed by atoms with Crippen molar-refractivity contribution in [2.75, 3.05) is 0 Å². The summed E-state index contributed by atoms with van der Waals surface area (Å²) < 4.78 is 5.95. The lowest BCUT2D eigenvalue weighted by molar-refractivity contribution is -0.152. The molecule has 0 saturated heterocycles. The molecule has 0 unspecified atom stereocenters. The van der Waals surface area contributed by atoms with Gasteiger partial charge >= 0.3 is 5.97 Å². The Morgan fingerprint density at radius 2 is 1.97 bits per heavy atom. The summed E-state index contributed by atoms with van der Waals surface area (Å²) in [7, 11) is 0. The predicted octanol–water partition coefficient (Wildman–Crippen LogP) is 5.55. The predicted molar refractivity (Wildman–Crippen MR) is 135 cm³/mol. The molecule has 0 spiro atoms. The standard InChI is InChI=1S/C29H45NO5/c1-17(16-30-34)6-9-25(33)18(2)27-26(35-19(3)31)15-24-22-8-7-20-14-21(32)10-12-28(20,4)23(22)11-13-29(24,27)5/h7,16-18,21-24,26-27,32,34H,6,8-15H2,1-5H3/b30-16+/t17-,18-,21+,22-,23+,24+,26+,27+,28+,29+/m1/s1. The summed E-state index contributed by atoms with van der Waals surface area (Å²) in [6.07, 6.45) is 11.4. The number of ether oxygens (including phenoxy) is 1. The van der Waals surface area contributed by atoms with E-state index in [1.165, 1.54) is 18.7 Å².